The topological polar surface area (TPSA) is 76.0 Å². The van der Waals surface area contributed by atoms with Crippen molar-refractivity contribution in [1.29, 1.82) is 0 Å². The monoisotopic (exact) mass is 318 g/mol. The number of fused-ring (bicyclic) bond motifs is 2. The van der Waals surface area contributed by atoms with Crippen LogP contribution >= 0.6 is 0 Å². The summed E-state index contributed by atoms with van der Waals surface area (Å²) >= 11 is 0. The van der Waals surface area contributed by atoms with Crippen molar-refractivity contribution >= 4 is 22.0 Å². The molecule has 0 aliphatic heterocycles. The first kappa shape index (κ1) is 14.4. The number of aryl methyl sites for hydroxylation is 2. The molecule has 4 aromatic rings. The van der Waals surface area contributed by atoms with E-state index in [1.165, 1.54) is 6.07 Å². The number of aromatic amines is 1. The van der Waals surface area contributed by atoms with Crippen molar-refractivity contribution < 1.29 is 4.42 Å². The van der Waals surface area contributed by atoms with Gasteiger partial charge < -0.3 is 9.40 Å². The molecular formula is C19H14N2O3. The highest BCUT2D eigenvalue weighted by atomic mass is 16.4. The third-order valence-corrected chi connectivity index (χ3v) is 4.21. The number of aromatic nitrogens is 2. The fourth-order valence-corrected chi connectivity index (χ4v) is 2.83. The highest BCUT2D eigenvalue weighted by molar-refractivity contribution is 5.93. The molecule has 0 radical (unpaired) electrons. The Labute approximate surface area is 136 Å². The SMILES string of the molecule is Cc1cc2oc(=O)cc(-c3nc4ccccc4[nH]c3=O)c2cc1C. The number of para-hydroxylation sites is 2. The van der Waals surface area contributed by atoms with Gasteiger partial charge in [0.05, 0.1) is 11.0 Å². The average Bonchev–Trinajstić information content (AvgIpc) is 2.55. The first-order valence-corrected chi connectivity index (χ1v) is 7.57. The van der Waals surface area contributed by atoms with E-state index in [0.29, 0.717) is 27.6 Å². The molecule has 0 fully saturated rings. The molecule has 0 bridgehead atoms. The van der Waals surface area contributed by atoms with E-state index >= 15 is 0 Å². The molecule has 2 aromatic carbocycles. The maximum atomic E-state index is 12.5. The van der Waals surface area contributed by atoms with Crippen LogP contribution in [0.5, 0.6) is 0 Å². The largest absolute Gasteiger partial charge is 0.423 e. The molecule has 2 heterocycles. The number of nitrogens with one attached hydrogen (secondary N) is 1. The molecule has 2 aromatic heterocycles. The quantitative estimate of drug-likeness (QED) is 0.546. The Morgan fingerprint density at radius 2 is 1.75 bits per heavy atom. The summed E-state index contributed by atoms with van der Waals surface area (Å²) in [6, 6.07) is 12.3. The van der Waals surface area contributed by atoms with Crippen molar-refractivity contribution in [2.45, 2.75) is 13.8 Å². The minimum absolute atomic E-state index is 0.217. The second-order valence-electron chi connectivity index (χ2n) is 5.84. The molecule has 118 valence electrons. The molecule has 0 aliphatic rings. The molecular weight excluding hydrogens is 304 g/mol. The predicted octanol–water partition coefficient (Wildman–Crippen LogP) is 3.31. The predicted molar refractivity (Wildman–Crippen MR) is 93.3 cm³/mol. The zero-order valence-corrected chi connectivity index (χ0v) is 13.2. The summed E-state index contributed by atoms with van der Waals surface area (Å²) in [5.41, 5.74) is 3.70. The summed E-state index contributed by atoms with van der Waals surface area (Å²) in [7, 11) is 0. The number of benzene rings is 2. The summed E-state index contributed by atoms with van der Waals surface area (Å²) in [4.78, 5) is 31.7. The minimum Gasteiger partial charge on any atom is -0.423 e. The number of rotatable bonds is 1. The molecule has 24 heavy (non-hydrogen) atoms. The van der Waals surface area contributed by atoms with Gasteiger partial charge in [-0.25, -0.2) is 9.78 Å². The number of nitrogens with zero attached hydrogens (tertiary/aromatic N) is 1. The average molecular weight is 318 g/mol. The molecule has 0 aliphatic carbocycles. The first-order valence-electron chi connectivity index (χ1n) is 7.57. The van der Waals surface area contributed by atoms with Crippen LogP contribution in [-0.4, -0.2) is 9.97 Å². The third-order valence-electron chi connectivity index (χ3n) is 4.21. The van der Waals surface area contributed by atoms with Crippen LogP contribution < -0.4 is 11.2 Å². The summed E-state index contributed by atoms with van der Waals surface area (Å²) in [5, 5.41) is 0.700. The van der Waals surface area contributed by atoms with Gasteiger partial charge in [0.1, 0.15) is 11.3 Å². The van der Waals surface area contributed by atoms with Crippen LogP contribution in [0.25, 0.3) is 33.3 Å². The standard InChI is InChI=1S/C19H14N2O3/c1-10-7-12-13(9-17(22)24-16(12)8-11(10)2)18-19(23)21-15-6-4-3-5-14(15)20-18/h3-9H,1-2H3,(H,21,23). The van der Waals surface area contributed by atoms with Crippen molar-refractivity contribution in [3.05, 3.63) is 74.4 Å². The van der Waals surface area contributed by atoms with E-state index in [4.69, 9.17) is 4.42 Å². The van der Waals surface area contributed by atoms with Gasteiger partial charge in [-0.2, -0.15) is 0 Å². The lowest BCUT2D eigenvalue weighted by atomic mass is 10.0. The Hall–Kier alpha value is -3.21. The number of H-pyrrole nitrogens is 1. The van der Waals surface area contributed by atoms with Gasteiger partial charge in [0.15, 0.2) is 0 Å². The lowest BCUT2D eigenvalue weighted by Crippen LogP contribution is -2.13. The van der Waals surface area contributed by atoms with Crippen LogP contribution in [0.4, 0.5) is 0 Å². The van der Waals surface area contributed by atoms with Crippen molar-refractivity contribution in [1.82, 2.24) is 9.97 Å². The van der Waals surface area contributed by atoms with Gasteiger partial charge in [-0.15, -0.1) is 0 Å². The van der Waals surface area contributed by atoms with Crippen molar-refractivity contribution in [2.24, 2.45) is 0 Å². The summed E-state index contributed by atoms with van der Waals surface area (Å²) < 4.78 is 5.29. The first-order chi connectivity index (χ1) is 11.5. The van der Waals surface area contributed by atoms with Gasteiger partial charge in [0, 0.05) is 17.0 Å². The van der Waals surface area contributed by atoms with Crippen LogP contribution in [0.3, 0.4) is 0 Å². The number of hydrogen-bond donors (Lipinski definition) is 1. The lowest BCUT2D eigenvalue weighted by molar-refractivity contribution is 0.561. The van der Waals surface area contributed by atoms with E-state index in [-0.39, 0.29) is 11.3 Å². The third kappa shape index (κ3) is 2.22. The van der Waals surface area contributed by atoms with Gasteiger partial charge in [0.25, 0.3) is 5.56 Å². The second-order valence-corrected chi connectivity index (χ2v) is 5.84. The van der Waals surface area contributed by atoms with Crippen molar-refractivity contribution in [3.63, 3.8) is 0 Å². The second kappa shape index (κ2) is 5.16. The zero-order valence-electron chi connectivity index (χ0n) is 13.2. The van der Waals surface area contributed by atoms with E-state index in [9.17, 15) is 9.59 Å². The van der Waals surface area contributed by atoms with Crippen LogP contribution in [-0.2, 0) is 0 Å². The Kier molecular flexibility index (Phi) is 3.09. The molecule has 4 rings (SSSR count). The fraction of sp³-hybridized carbons (Fsp3) is 0.105. The molecule has 5 nitrogen and oxygen atoms in total. The Morgan fingerprint density at radius 1 is 1.00 bits per heavy atom. The van der Waals surface area contributed by atoms with E-state index in [1.54, 1.807) is 6.07 Å². The minimum atomic E-state index is -0.505. The molecule has 5 heteroatoms. The molecule has 0 saturated carbocycles. The fourth-order valence-electron chi connectivity index (χ4n) is 2.83. The molecule has 1 N–H and O–H groups in total. The van der Waals surface area contributed by atoms with E-state index < -0.39 is 5.63 Å². The summed E-state index contributed by atoms with van der Waals surface area (Å²) in [5.74, 6) is 0. The summed E-state index contributed by atoms with van der Waals surface area (Å²) in [6.45, 7) is 3.92. The van der Waals surface area contributed by atoms with Crippen LogP contribution in [0.1, 0.15) is 11.1 Å². The maximum absolute atomic E-state index is 12.5. The van der Waals surface area contributed by atoms with Gasteiger partial charge in [-0.1, -0.05) is 12.1 Å². The van der Waals surface area contributed by atoms with Crippen LogP contribution in [0.2, 0.25) is 0 Å². The van der Waals surface area contributed by atoms with E-state index in [0.717, 1.165) is 11.1 Å². The summed E-state index contributed by atoms with van der Waals surface area (Å²) in [6.07, 6.45) is 0. The van der Waals surface area contributed by atoms with Crippen molar-refractivity contribution in [3.8, 4) is 11.3 Å². The van der Waals surface area contributed by atoms with E-state index in [2.05, 4.69) is 9.97 Å². The smallest absolute Gasteiger partial charge is 0.336 e. The molecule has 0 amide bonds. The van der Waals surface area contributed by atoms with Gasteiger partial charge >= 0.3 is 5.63 Å². The molecule has 0 unspecified atom stereocenters. The van der Waals surface area contributed by atoms with E-state index in [1.807, 2.05) is 44.2 Å². The Bertz CT molecular complexity index is 1220. The molecule has 0 atom stereocenters. The zero-order chi connectivity index (χ0) is 16.8. The van der Waals surface area contributed by atoms with Crippen molar-refractivity contribution in [2.75, 3.05) is 0 Å². The normalized spacial score (nSPS) is 11.2. The molecule has 0 spiro atoms. The highest BCUT2D eigenvalue weighted by Crippen LogP contribution is 2.27. The van der Waals surface area contributed by atoms with Crippen LogP contribution in [0.15, 0.2) is 56.5 Å². The highest BCUT2D eigenvalue weighted by Gasteiger charge is 2.14. The number of hydrogen-bond acceptors (Lipinski definition) is 4. The Morgan fingerprint density at radius 3 is 2.58 bits per heavy atom. The van der Waals surface area contributed by atoms with Gasteiger partial charge in [-0.3, -0.25) is 4.79 Å². The lowest BCUT2D eigenvalue weighted by Gasteiger charge is -2.08. The Balaban J connectivity index is 2.13. The van der Waals surface area contributed by atoms with Gasteiger partial charge in [0.2, 0.25) is 0 Å². The van der Waals surface area contributed by atoms with Crippen LogP contribution in [0, 0.1) is 13.8 Å². The maximum Gasteiger partial charge on any atom is 0.336 e. The van der Waals surface area contributed by atoms with Gasteiger partial charge in [-0.05, 0) is 49.2 Å². The molecule has 0 saturated heterocycles.